The molecule has 18 heteroatoms. The zero-order chi connectivity index (χ0) is 42.6. The van der Waals surface area contributed by atoms with Crippen LogP contribution in [0.2, 0.25) is 0 Å². The number of halogens is 2. The standard InChI is InChI=1S/C40H59F2N11O5/c1-27(2)37(57)33(8-6-14-46-39(44)49(3)4)48-34(54)11-12-35(55)52-20-18-51(19-21-52)17-7-16-50(5)28-9-10-32-31(22-28)30(13-15-45-32)38(58)47-25-36(56)53-26-40(41,42)23-29(53)24-43/h9-10,13,15,22,27,29,33,39,46H,6-8,11-12,14,16-21,23,25-26,44H2,1-5H3,(H,47,58)(H,48,54)/t29-,33-,39?/m0/s1. The lowest BCUT2D eigenvalue weighted by atomic mass is 9.97. The molecule has 318 valence electrons. The lowest BCUT2D eigenvalue weighted by Gasteiger charge is -2.35. The number of nitrogens with zero attached hydrogens (tertiary/aromatic N) is 7. The molecule has 58 heavy (non-hydrogen) atoms. The van der Waals surface area contributed by atoms with Gasteiger partial charge in [-0.15, -0.1) is 0 Å². The minimum absolute atomic E-state index is 0.0138. The van der Waals surface area contributed by atoms with E-state index < -0.39 is 49.3 Å². The minimum atomic E-state index is -3.15. The molecule has 1 unspecified atom stereocenters. The van der Waals surface area contributed by atoms with Crippen LogP contribution >= 0.6 is 0 Å². The highest BCUT2D eigenvalue weighted by atomic mass is 19.3. The summed E-state index contributed by atoms with van der Waals surface area (Å²) in [5, 5.41) is 18.3. The first-order chi connectivity index (χ1) is 27.5. The number of nitrogens with one attached hydrogen (secondary N) is 3. The Morgan fingerprint density at radius 3 is 2.43 bits per heavy atom. The summed E-state index contributed by atoms with van der Waals surface area (Å²) >= 11 is 0. The number of piperazine rings is 1. The van der Waals surface area contributed by atoms with Gasteiger partial charge in [0.1, 0.15) is 12.3 Å². The maximum absolute atomic E-state index is 13.8. The molecule has 3 atom stereocenters. The third-order valence-corrected chi connectivity index (χ3v) is 10.6. The molecule has 1 aromatic carbocycles. The normalized spacial score (nSPS) is 17.9. The molecule has 0 bridgehead atoms. The highest BCUT2D eigenvalue weighted by Crippen LogP contribution is 2.31. The van der Waals surface area contributed by atoms with Crippen LogP contribution in [0.1, 0.15) is 62.7 Å². The number of benzene rings is 1. The quantitative estimate of drug-likeness (QED) is 0.111. The molecule has 1 aromatic heterocycles. The lowest BCUT2D eigenvalue weighted by molar-refractivity contribution is -0.135. The smallest absolute Gasteiger partial charge is 0.268 e. The first-order valence-electron chi connectivity index (χ1n) is 19.9. The molecule has 16 nitrogen and oxygen atoms in total. The first kappa shape index (κ1) is 45.9. The van der Waals surface area contributed by atoms with Gasteiger partial charge in [0.2, 0.25) is 17.7 Å². The molecule has 2 aliphatic rings. The maximum atomic E-state index is 13.8. The van der Waals surface area contributed by atoms with E-state index in [1.807, 2.05) is 52.0 Å². The van der Waals surface area contributed by atoms with Crippen LogP contribution < -0.4 is 26.6 Å². The number of hydrogen-bond acceptors (Lipinski definition) is 12. The van der Waals surface area contributed by atoms with Gasteiger partial charge in [-0.1, -0.05) is 13.8 Å². The number of likely N-dealkylation sites (tertiary alicyclic amines) is 1. The number of carbonyl (C=O) groups excluding carboxylic acids is 5. The van der Waals surface area contributed by atoms with Gasteiger partial charge >= 0.3 is 0 Å². The zero-order valence-corrected chi connectivity index (χ0v) is 34.3. The van der Waals surface area contributed by atoms with E-state index in [9.17, 15) is 38.0 Å². The number of alkyl halides is 2. The van der Waals surface area contributed by atoms with E-state index >= 15 is 0 Å². The van der Waals surface area contributed by atoms with Crippen molar-refractivity contribution < 1.29 is 32.8 Å². The summed E-state index contributed by atoms with van der Waals surface area (Å²) in [5.41, 5.74) is 7.67. The summed E-state index contributed by atoms with van der Waals surface area (Å²) in [6.07, 6.45) is 2.51. The topological polar surface area (TPSA) is 200 Å². The second-order valence-corrected chi connectivity index (χ2v) is 15.6. The summed E-state index contributed by atoms with van der Waals surface area (Å²) in [4.78, 5) is 77.6. The van der Waals surface area contributed by atoms with E-state index in [1.54, 1.807) is 17.0 Å². The average Bonchev–Trinajstić information content (AvgIpc) is 3.53. The Bertz CT molecular complexity index is 1800. The number of rotatable bonds is 20. The van der Waals surface area contributed by atoms with E-state index in [-0.39, 0.29) is 48.2 Å². The molecular formula is C40H59F2N11O5. The highest BCUT2D eigenvalue weighted by Gasteiger charge is 2.47. The minimum Gasteiger partial charge on any atom is -0.375 e. The van der Waals surface area contributed by atoms with Crippen molar-refractivity contribution in [3.05, 3.63) is 36.0 Å². The monoisotopic (exact) mass is 811 g/mol. The van der Waals surface area contributed by atoms with Gasteiger partial charge < -0.3 is 31.1 Å². The number of anilines is 1. The van der Waals surface area contributed by atoms with Crippen LogP contribution in [0.4, 0.5) is 14.5 Å². The van der Waals surface area contributed by atoms with Crippen molar-refractivity contribution in [2.24, 2.45) is 11.7 Å². The molecule has 3 heterocycles. The maximum Gasteiger partial charge on any atom is 0.268 e. The number of hydrogen-bond donors (Lipinski definition) is 4. The van der Waals surface area contributed by atoms with Gasteiger partial charge in [-0.25, -0.2) is 8.78 Å². The molecule has 0 aliphatic carbocycles. The average molecular weight is 812 g/mol. The van der Waals surface area contributed by atoms with Gasteiger partial charge in [-0.3, -0.25) is 44.1 Å². The second kappa shape index (κ2) is 21.3. The molecule has 0 saturated carbocycles. The van der Waals surface area contributed by atoms with E-state index in [1.165, 1.54) is 12.3 Å². The highest BCUT2D eigenvalue weighted by molar-refractivity contribution is 6.07. The van der Waals surface area contributed by atoms with E-state index in [4.69, 9.17) is 5.73 Å². The second-order valence-electron chi connectivity index (χ2n) is 15.6. The fourth-order valence-electron chi connectivity index (χ4n) is 7.07. The number of aromatic nitrogens is 1. The number of Topliss-reactive ketones (excluding diaryl/α,β-unsaturated/α-hetero) is 1. The molecular weight excluding hydrogens is 753 g/mol. The Labute approximate surface area is 339 Å². The van der Waals surface area contributed by atoms with E-state index in [2.05, 4.69) is 30.7 Å². The molecule has 4 amide bonds. The molecule has 2 aliphatic heterocycles. The van der Waals surface area contributed by atoms with Gasteiger partial charge in [0.15, 0.2) is 5.78 Å². The van der Waals surface area contributed by atoms with Crippen molar-refractivity contribution >= 4 is 46.0 Å². The Morgan fingerprint density at radius 2 is 1.76 bits per heavy atom. The molecule has 4 rings (SSSR count). The van der Waals surface area contributed by atoms with Crippen molar-refractivity contribution in [1.82, 2.24) is 40.5 Å². The Balaban J connectivity index is 1.19. The molecule has 0 radical (unpaired) electrons. The number of carbonyl (C=O) groups is 5. The Hall–Kier alpha value is -4.83. The van der Waals surface area contributed by atoms with Crippen LogP contribution in [-0.2, 0) is 19.2 Å². The van der Waals surface area contributed by atoms with Crippen LogP contribution in [-0.4, -0.2) is 158 Å². The number of ketones is 1. The summed E-state index contributed by atoms with van der Waals surface area (Å²) < 4.78 is 27.6. The predicted molar refractivity (Wildman–Crippen MR) is 216 cm³/mol. The number of amides is 4. The number of nitriles is 1. The molecule has 5 N–H and O–H groups in total. The molecule has 2 fully saturated rings. The van der Waals surface area contributed by atoms with E-state index in [0.717, 1.165) is 23.6 Å². The van der Waals surface area contributed by atoms with Gasteiger partial charge in [0, 0.05) is 82.2 Å². The van der Waals surface area contributed by atoms with Crippen molar-refractivity contribution in [1.29, 1.82) is 5.26 Å². The molecule has 2 aromatic rings. The van der Waals surface area contributed by atoms with Crippen LogP contribution in [0, 0.1) is 17.2 Å². The largest absolute Gasteiger partial charge is 0.375 e. The van der Waals surface area contributed by atoms with Gasteiger partial charge in [-0.05, 0) is 70.7 Å². The fourth-order valence-corrected chi connectivity index (χ4v) is 7.07. The van der Waals surface area contributed by atoms with Crippen LogP contribution in [0.5, 0.6) is 0 Å². The summed E-state index contributed by atoms with van der Waals surface area (Å²) in [5.74, 6) is -5.13. The SMILES string of the molecule is CC(C)C(=O)[C@H](CCCNC(N)N(C)C)NC(=O)CCC(=O)N1CCN(CCCN(C)c2ccc3nccc(C(=O)NCC(=O)N4CC(F)(F)C[C@H]4C#N)c3c2)CC1. The molecule has 2 saturated heterocycles. The van der Waals surface area contributed by atoms with Crippen molar-refractivity contribution in [2.75, 3.05) is 84.9 Å². The third kappa shape index (κ3) is 13.1. The van der Waals surface area contributed by atoms with Crippen molar-refractivity contribution in [3.8, 4) is 6.07 Å². The van der Waals surface area contributed by atoms with Gasteiger partial charge in [-0.2, -0.15) is 5.26 Å². The van der Waals surface area contributed by atoms with E-state index in [0.29, 0.717) is 63.0 Å². The predicted octanol–water partition coefficient (Wildman–Crippen LogP) is 1.36. The third-order valence-electron chi connectivity index (χ3n) is 10.6. The molecule has 0 spiro atoms. The van der Waals surface area contributed by atoms with Crippen LogP contribution in [0.25, 0.3) is 10.9 Å². The number of pyridine rings is 1. The lowest BCUT2D eigenvalue weighted by Crippen LogP contribution is -2.49. The Morgan fingerprint density at radius 1 is 1.03 bits per heavy atom. The van der Waals surface area contributed by atoms with Crippen molar-refractivity contribution in [3.63, 3.8) is 0 Å². The van der Waals surface area contributed by atoms with Crippen molar-refractivity contribution in [2.45, 2.75) is 76.7 Å². The zero-order valence-electron chi connectivity index (χ0n) is 34.3. The van der Waals surface area contributed by atoms with Crippen LogP contribution in [0.3, 0.4) is 0 Å². The van der Waals surface area contributed by atoms with Gasteiger partial charge in [0.05, 0.1) is 36.3 Å². The number of nitrogens with two attached hydrogens (primary N) is 1. The number of fused-ring (bicyclic) bond motifs is 1. The Kier molecular flexibility index (Phi) is 16.8. The fraction of sp³-hybridized carbons (Fsp3) is 0.625. The summed E-state index contributed by atoms with van der Waals surface area (Å²) in [7, 11) is 5.67. The summed E-state index contributed by atoms with van der Waals surface area (Å²) in [6, 6.07) is 6.97. The summed E-state index contributed by atoms with van der Waals surface area (Å²) in [6.45, 7) is 6.88. The van der Waals surface area contributed by atoms with Crippen LogP contribution in [0.15, 0.2) is 30.5 Å². The first-order valence-corrected chi connectivity index (χ1v) is 19.9. The van der Waals surface area contributed by atoms with Gasteiger partial charge in [0.25, 0.3) is 11.8 Å².